The maximum Gasteiger partial charge on any atom is 0.127 e. The maximum atomic E-state index is 10.2. The van der Waals surface area contributed by atoms with E-state index in [0.717, 1.165) is 6.29 Å². The lowest BCUT2D eigenvalue weighted by atomic mass is 10.4. The second-order valence-corrected chi connectivity index (χ2v) is 2.27. The molecule has 0 unspecified atom stereocenters. The molecule has 1 heterocycles. The fourth-order valence-corrected chi connectivity index (χ4v) is 0.947. The summed E-state index contributed by atoms with van der Waals surface area (Å²) in [6.45, 7) is 3.43. The van der Waals surface area contributed by atoms with Gasteiger partial charge in [-0.05, 0) is 0 Å². The van der Waals surface area contributed by atoms with E-state index in [1.54, 1.807) is 17.0 Å². The molecule has 1 rings (SSSR count). The van der Waals surface area contributed by atoms with Crippen LogP contribution < -0.4 is 0 Å². The van der Waals surface area contributed by atoms with Crippen LogP contribution in [-0.4, -0.2) is 20.9 Å². The van der Waals surface area contributed by atoms with Gasteiger partial charge in [0.1, 0.15) is 12.1 Å². The van der Waals surface area contributed by atoms with Gasteiger partial charge in [0.25, 0.3) is 0 Å². The van der Waals surface area contributed by atoms with Gasteiger partial charge in [-0.2, -0.15) is 0 Å². The molecule has 1 aromatic heterocycles. The minimum absolute atomic E-state index is 0.118. The van der Waals surface area contributed by atoms with E-state index in [0.29, 0.717) is 11.5 Å². The van der Waals surface area contributed by atoms with E-state index in [9.17, 15) is 4.79 Å². The molecule has 0 saturated carbocycles. The van der Waals surface area contributed by atoms with E-state index in [1.807, 2.05) is 0 Å². The van der Waals surface area contributed by atoms with Crippen molar-refractivity contribution < 1.29 is 9.90 Å². The SMILES string of the molecule is C=Cn1cc(CO)nc1CC=O. The molecule has 0 radical (unpaired) electrons. The quantitative estimate of drug-likeness (QED) is 0.651. The van der Waals surface area contributed by atoms with Crippen LogP contribution >= 0.6 is 0 Å². The third-order valence-corrected chi connectivity index (χ3v) is 1.48. The summed E-state index contributed by atoms with van der Waals surface area (Å²) in [4.78, 5) is 14.2. The molecule has 0 aromatic carbocycles. The van der Waals surface area contributed by atoms with Crippen molar-refractivity contribution in [3.63, 3.8) is 0 Å². The Morgan fingerprint density at radius 1 is 1.75 bits per heavy atom. The van der Waals surface area contributed by atoms with Crippen molar-refractivity contribution >= 4 is 12.5 Å². The number of hydrogen-bond donors (Lipinski definition) is 1. The highest BCUT2D eigenvalue weighted by Gasteiger charge is 2.03. The number of aldehydes is 1. The summed E-state index contributed by atoms with van der Waals surface area (Å²) in [6, 6.07) is 0. The van der Waals surface area contributed by atoms with Crippen LogP contribution in [-0.2, 0) is 17.8 Å². The molecule has 0 aliphatic carbocycles. The number of nitrogens with zero attached hydrogens (tertiary/aromatic N) is 2. The van der Waals surface area contributed by atoms with Crippen molar-refractivity contribution in [2.45, 2.75) is 13.0 Å². The van der Waals surface area contributed by atoms with Crippen LogP contribution in [0.15, 0.2) is 12.8 Å². The normalized spacial score (nSPS) is 9.75. The third-order valence-electron chi connectivity index (χ3n) is 1.48. The van der Waals surface area contributed by atoms with Gasteiger partial charge in [-0.15, -0.1) is 0 Å². The molecule has 4 nitrogen and oxygen atoms in total. The smallest absolute Gasteiger partial charge is 0.127 e. The molecule has 64 valence electrons. The summed E-state index contributed by atoms with van der Waals surface area (Å²) in [5.74, 6) is 0.601. The second-order valence-electron chi connectivity index (χ2n) is 2.27. The van der Waals surface area contributed by atoms with Crippen LogP contribution in [0.5, 0.6) is 0 Å². The Bertz CT molecular complexity index is 291. The Morgan fingerprint density at radius 3 is 3.00 bits per heavy atom. The summed E-state index contributed by atoms with van der Waals surface area (Å²) < 4.78 is 1.62. The molecule has 0 fully saturated rings. The highest BCUT2D eigenvalue weighted by molar-refractivity contribution is 5.53. The van der Waals surface area contributed by atoms with E-state index in [4.69, 9.17) is 5.11 Å². The first-order valence-corrected chi connectivity index (χ1v) is 3.55. The monoisotopic (exact) mass is 166 g/mol. The van der Waals surface area contributed by atoms with Gasteiger partial charge in [0.05, 0.1) is 18.7 Å². The van der Waals surface area contributed by atoms with Gasteiger partial charge >= 0.3 is 0 Å². The highest BCUT2D eigenvalue weighted by Crippen LogP contribution is 2.03. The van der Waals surface area contributed by atoms with Gasteiger partial charge in [-0.1, -0.05) is 6.58 Å². The van der Waals surface area contributed by atoms with Crippen LogP contribution in [0.1, 0.15) is 11.5 Å². The lowest BCUT2D eigenvalue weighted by Crippen LogP contribution is -1.95. The van der Waals surface area contributed by atoms with Crippen molar-refractivity contribution in [2.75, 3.05) is 0 Å². The maximum absolute atomic E-state index is 10.2. The summed E-state index contributed by atoms with van der Waals surface area (Å²) in [7, 11) is 0. The van der Waals surface area contributed by atoms with Crippen LogP contribution in [0, 0.1) is 0 Å². The summed E-state index contributed by atoms with van der Waals surface area (Å²) >= 11 is 0. The van der Waals surface area contributed by atoms with E-state index < -0.39 is 0 Å². The molecule has 1 N–H and O–H groups in total. The lowest BCUT2D eigenvalue weighted by molar-refractivity contribution is -0.107. The van der Waals surface area contributed by atoms with Gasteiger partial charge in [-0.3, -0.25) is 0 Å². The van der Waals surface area contributed by atoms with E-state index in [-0.39, 0.29) is 13.0 Å². The predicted molar refractivity (Wildman–Crippen MR) is 44.3 cm³/mol. The standard InChI is InChI=1S/C8H10N2O2/c1-2-10-5-7(6-12)9-8(10)3-4-11/h2,4-5,12H,1,3,6H2. The molecule has 1 aromatic rings. The largest absolute Gasteiger partial charge is 0.390 e. The topological polar surface area (TPSA) is 55.1 Å². The molecular formula is C8H10N2O2. The van der Waals surface area contributed by atoms with Gasteiger partial charge in [-0.25, -0.2) is 4.98 Å². The fourth-order valence-electron chi connectivity index (χ4n) is 0.947. The Labute approximate surface area is 70.2 Å². The molecule has 4 heteroatoms. The molecule has 0 aliphatic heterocycles. The lowest BCUT2D eigenvalue weighted by Gasteiger charge is -1.94. The third kappa shape index (κ3) is 1.60. The minimum atomic E-state index is -0.118. The van der Waals surface area contributed by atoms with Crippen LogP contribution in [0.3, 0.4) is 0 Å². The number of carbonyl (C=O) groups is 1. The van der Waals surface area contributed by atoms with Crippen LogP contribution in [0.25, 0.3) is 6.20 Å². The Morgan fingerprint density at radius 2 is 2.50 bits per heavy atom. The second kappa shape index (κ2) is 3.82. The van der Waals surface area contributed by atoms with Gasteiger partial charge in [0, 0.05) is 12.4 Å². The van der Waals surface area contributed by atoms with Gasteiger partial charge < -0.3 is 14.5 Å². The number of aliphatic hydroxyl groups is 1. The zero-order valence-corrected chi connectivity index (χ0v) is 6.60. The Balaban J connectivity index is 2.98. The molecule has 0 amide bonds. The molecule has 0 saturated heterocycles. The number of aromatic nitrogens is 2. The number of imidazole rings is 1. The van der Waals surface area contributed by atoms with Gasteiger partial charge in [0.15, 0.2) is 0 Å². The zero-order valence-electron chi connectivity index (χ0n) is 6.60. The number of hydrogen-bond acceptors (Lipinski definition) is 3. The van der Waals surface area contributed by atoms with Gasteiger partial charge in [0.2, 0.25) is 0 Å². The van der Waals surface area contributed by atoms with Crippen molar-refractivity contribution in [3.05, 3.63) is 24.3 Å². The summed E-state index contributed by atoms with van der Waals surface area (Å²) in [6.07, 6.45) is 4.20. The van der Waals surface area contributed by atoms with E-state index in [2.05, 4.69) is 11.6 Å². The molecule has 12 heavy (non-hydrogen) atoms. The van der Waals surface area contributed by atoms with E-state index >= 15 is 0 Å². The number of aliphatic hydroxyl groups excluding tert-OH is 1. The van der Waals surface area contributed by atoms with Crippen molar-refractivity contribution in [1.29, 1.82) is 0 Å². The van der Waals surface area contributed by atoms with Crippen LogP contribution in [0.4, 0.5) is 0 Å². The molecule has 0 aliphatic rings. The fraction of sp³-hybridized carbons (Fsp3) is 0.250. The minimum Gasteiger partial charge on any atom is -0.390 e. The zero-order chi connectivity index (χ0) is 8.97. The average molecular weight is 166 g/mol. The van der Waals surface area contributed by atoms with Crippen LogP contribution in [0.2, 0.25) is 0 Å². The summed E-state index contributed by atoms with van der Waals surface area (Å²) in [5.41, 5.74) is 0.548. The number of carbonyl (C=O) groups excluding carboxylic acids is 1. The first-order chi connectivity index (χ1) is 5.81. The molecule has 0 spiro atoms. The van der Waals surface area contributed by atoms with Crippen molar-refractivity contribution in [1.82, 2.24) is 9.55 Å². The van der Waals surface area contributed by atoms with Crippen molar-refractivity contribution in [2.24, 2.45) is 0 Å². The molecule has 0 atom stereocenters. The average Bonchev–Trinajstić information content (AvgIpc) is 2.48. The Hall–Kier alpha value is -1.42. The van der Waals surface area contributed by atoms with Crippen molar-refractivity contribution in [3.8, 4) is 0 Å². The summed E-state index contributed by atoms with van der Waals surface area (Å²) in [5, 5.41) is 8.74. The number of rotatable bonds is 4. The van der Waals surface area contributed by atoms with E-state index in [1.165, 1.54) is 0 Å². The molecule has 0 bridgehead atoms. The highest BCUT2D eigenvalue weighted by atomic mass is 16.3. The predicted octanol–water partition coefficient (Wildman–Crippen LogP) is 0.217. The molecular weight excluding hydrogens is 156 g/mol. The Kier molecular flexibility index (Phi) is 2.76. The first-order valence-electron chi connectivity index (χ1n) is 3.55. The first kappa shape index (κ1) is 8.67.